The lowest BCUT2D eigenvalue weighted by molar-refractivity contribution is 0.252. The molecule has 1 aromatic heterocycles. The van der Waals surface area contributed by atoms with Gasteiger partial charge in [-0.15, -0.1) is 11.3 Å². The van der Waals surface area contributed by atoms with Crippen LogP contribution in [0.2, 0.25) is 0 Å². The fourth-order valence-corrected chi connectivity index (χ4v) is 4.00. The fourth-order valence-electron chi connectivity index (χ4n) is 2.90. The van der Waals surface area contributed by atoms with E-state index in [9.17, 15) is 4.79 Å². The number of hydrogen-bond donors (Lipinski definition) is 2. The lowest BCUT2D eigenvalue weighted by atomic mass is 10.1. The highest BCUT2D eigenvalue weighted by atomic mass is 32.1. The van der Waals surface area contributed by atoms with Crippen LogP contribution in [0, 0.1) is 27.7 Å². The molecule has 0 atom stereocenters. The smallest absolute Gasteiger partial charge is 0.319 e. The Morgan fingerprint density at radius 2 is 1.73 bits per heavy atom. The van der Waals surface area contributed by atoms with Crippen molar-refractivity contribution < 1.29 is 4.79 Å². The maximum absolute atomic E-state index is 12.2. The first-order valence-electron chi connectivity index (χ1n) is 8.58. The zero-order valence-electron chi connectivity index (χ0n) is 15.5. The average Bonchev–Trinajstić information content (AvgIpc) is 2.93. The van der Waals surface area contributed by atoms with E-state index >= 15 is 0 Å². The summed E-state index contributed by atoms with van der Waals surface area (Å²) in [5, 5.41) is 6.81. The van der Waals surface area contributed by atoms with Crippen LogP contribution in [0.5, 0.6) is 0 Å². The van der Waals surface area contributed by atoms with Crippen molar-refractivity contribution in [2.45, 2.75) is 34.2 Å². The highest BCUT2D eigenvalue weighted by Gasteiger charge is 2.12. The Labute approximate surface area is 158 Å². The van der Waals surface area contributed by atoms with Crippen LogP contribution in [-0.2, 0) is 6.54 Å². The molecule has 4 nitrogen and oxygen atoms in total. The van der Waals surface area contributed by atoms with Crippen LogP contribution in [0.3, 0.4) is 0 Å². The van der Waals surface area contributed by atoms with Gasteiger partial charge in [-0.05, 0) is 56.5 Å². The third-order valence-electron chi connectivity index (χ3n) is 4.16. The van der Waals surface area contributed by atoms with Gasteiger partial charge in [-0.25, -0.2) is 9.78 Å². The Kier molecular flexibility index (Phi) is 5.38. The second kappa shape index (κ2) is 7.70. The largest absolute Gasteiger partial charge is 0.333 e. The number of carbonyl (C=O) groups excluding carboxylic acids is 1. The van der Waals surface area contributed by atoms with E-state index in [0.29, 0.717) is 6.54 Å². The number of urea groups is 1. The van der Waals surface area contributed by atoms with Crippen molar-refractivity contribution in [1.82, 2.24) is 10.3 Å². The number of aromatic nitrogens is 1. The molecule has 2 amide bonds. The van der Waals surface area contributed by atoms with Crippen LogP contribution >= 0.6 is 11.3 Å². The summed E-state index contributed by atoms with van der Waals surface area (Å²) in [7, 11) is 0. The Morgan fingerprint density at radius 1 is 1.04 bits per heavy atom. The molecule has 2 aromatic carbocycles. The quantitative estimate of drug-likeness (QED) is 0.653. The molecule has 0 saturated heterocycles. The lowest BCUT2D eigenvalue weighted by Crippen LogP contribution is -2.28. The standard InChI is InChI=1S/C21H23N3OS/c1-13-9-14(2)11-17(10-13)24-21(25)22-12-19-16(4)23-20(26-19)18-8-6-5-7-15(18)3/h5-11H,12H2,1-4H3,(H2,22,24,25). The summed E-state index contributed by atoms with van der Waals surface area (Å²) >= 11 is 1.63. The van der Waals surface area contributed by atoms with Crippen molar-refractivity contribution >= 4 is 23.1 Å². The molecular formula is C21H23N3OS. The Bertz CT molecular complexity index is 926. The summed E-state index contributed by atoms with van der Waals surface area (Å²) in [5.41, 5.74) is 6.37. The number of thiazole rings is 1. The number of hydrogen-bond acceptors (Lipinski definition) is 3. The summed E-state index contributed by atoms with van der Waals surface area (Å²) in [4.78, 5) is 18.0. The molecule has 1 heterocycles. The molecule has 26 heavy (non-hydrogen) atoms. The average molecular weight is 366 g/mol. The molecule has 5 heteroatoms. The van der Waals surface area contributed by atoms with Crippen LogP contribution in [0.15, 0.2) is 42.5 Å². The molecular weight excluding hydrogens is 342 g/mol. The minimum absolute atomic E-state index is 0.208. The second-order valence-electron chi connectivity index (χ2n) is 6.53. The van der Waals surface area contributed by atoms with Gasteiger partial charge >= 0.3 is 6.03 Å². The van der Waals surface area contributed by atoms with Gasteiger partial charge in [0.1, 0.15) is 5.01 Å². The number of aryl methyl sites for hydroxylation is 4. The van der Waals surface area contributed by atoms with Crippen molar-refractivity contribution in [3.8, 4) is 10.6 Å². The lowest BCUT2D eigenvalue weighted by Gasteiger charge is -2.09. The molecule has 0 saturated carbocycles. The van der Waals surface area contributed by atoms with E-state index in [1.807, 2.05) is 45.0 Å². The first-order chi connectivity index (χ1) is 12.4. The van der Waals surface area contributed by atoms with Gasteiger partial charge in [0.25, 0.3) is 0 Å². The number of anilines is 1. The molecule has 0 fully saturated rings. The molecule has 0 aliphatic carbocycles. The zero-order valence-corrected chi connectivity index (χ0v) is 16.3. The highest BCUT2D eigenvalue weighted by Crippen LogP contribution is 2.30. The topological polar surface area (TPSA) is 54.0 Å². The predicted molar refractivity (Wildman–Crippen MR) is 109 cm³/mol. The van der Waals surface area contributed by atoms with E-state index in [1.54, 1.807) is 11.3 Å². The number of nitrogens with one attached hydrogen (secondary N) is 2. The predicted octanol–water partition coefficient (Wildman–Crippen LogP) is 5.37. The monoisotopic (exact) mass is 365 g/mol. The van der Waals surface area contributed by atoms with Crippen LogP contribution < -0.4 is 10.6 Å². The fraction of sp³-hybridized carbons (Fsp3) is 0.238. The maximum Gasteiger partial charge on any atom is 0.319 e. The van der Waals surface area contributed by atoms with Crippen LogP contribution in [0.25, 0.3) is 10.6 Å². The molecule has 3 rings (SSSR count). The number of rotatable bonds is 4. The van der Waals surface area contributed by atoms with Crippen molar-refractivity contribution in [1.29, 1.82) is 0 Å². The summed E-state index contributed by atoms with van der Waals surface area (Å²) in [5.74, 6) is 0. The van der Waals surface area contributed by atoms with Gasteiger partial charge < -0.3 is 10.6 Å². The molecule has 134 valence electrons. The van der Waals surface area contributed by atoms with E-state index in [1.165, 1.54) is 5.56 Å². The van der Waals surface area contributed by atoms with Gasteiger partial charge in [-0.3, -0.25) is 0 Å². The number of nitrogens with zero attached hydrogens (tertiary/aromatic N) is 1. The van der Waals surface area contributed by atoms with E-state index in [-0.39, 0.29) is 6.03 Å². The van der Waals surface area contributed by atoms with Gasteiger partial charge in [0.15, 0.2) is 0 Å². The Balaban J connectivity index is 1.66. The summed E-state index contributed by atoms with van der Waals surface area (Å²) in [6.07, 6.45) is 0. The van der Waals surface area contributed by atoms with Crippen molar-refractivity contribution in [2.75, 3.05) is 5.32 Å². The summed E-state index contributed by atoms with van der Waals surface area (Å²) in [6, 6.07) is 14.0. The van der Waals surface area contributed by atoms with Crippen LogP contribution in [0.1, 0.15) is 27.3 Å². The number of carbonyl (C=O) groups is 1. The third-order valence-corrected chi connectivity index (χ3v) is 5.35. The molecule has 0 spiro atoms. The molecule has 0 aliphatic heterocycles. The molecule has 3 aromatic rings. The first-order valence-corrected chi connectivity index (χ1v) is 9.39. The van der Waals surface area contributed by atoms with Crippen LogP contribution in [-0.4, -0.2) is 11.0 Å². The normalized spacial score (nSPS) is 10.6. The van der Waals surface area contributed by atoms with Gasteiger partial charge in [0, 0.05) is 16.1 Å². The van der Waals surface area contributed by atoms with Crippen LogP contribution in [0.4, 0.5) is 10.5 Å². The SMILES string of the molecule is Cc1cc(C)cc(NC(=O)NCc2sc(-c3ccccc3C)nc2C)c1. The number of benzene rings is 2. The Morgan fingerprint density at radius 3 is 2.42 bits per heavy atom. The maximum atomic E-state index is 12.2. The van der Waals surface area contributed by atoms with E-state index in [0.717, 1.165) is 38.0 Å². The third kappa shape index (κ3) is 4.29. The molecule has 0 aliphatic rings. The highest BCUT2D eigenvalue weighted by molar-refractivity contribution is 7.15. The van der Waals surface area contributed by atoms with Gasteiger partial charge in [0.05, 0.1) is 12.2 Å². The Hall–Kier alpha value is -2.66. The zero-order chi connectivity index (χ0) is 18.7. The van der Waals surface area contributed by atoms with E-state index in [4.69, 9.17) is 0 Å². The first kappa shape index (κ1) is 18.1. The summed E-state index contributed by atoms with van der Waals surface area (Å²) in [6.45, 7) is 8.57. The van der Waals surface area contributed by atoms with E-state index < -0.39 is 0 Å². The molecule has 2 N–H and O–H groups in total. The number of amides is 2. The minimum atomic E-state index is -0.208. The van der Waals surface area contributed by atoms with Crippen molar-refractivity contribution in [3.05, 3.63) is 69.7 Å². The minimum Gasteiger partial charge on any atom is -0.333 e. The second-order valence-corrected chi connectivity index (χ2v) is 7.61. The van der Waals surface area contributed by atoms with Gasteiger partial charge in [-0.2, -0.15) is 0 Å². The van der Waals surface area contributed by atoms with Gasteiger partial charge in [0.2, 0.25) is 0 Å². The van der Waals surface area contributed by atoms with Crippen molar-refractivity contribution in [2.24, 2.45) is 0 Å². The summed E-state index contributed by atoms with van der Waals surface area (Å²) < 4.78 is 0. The molecule has 0 unspecified atom stereocenters. The van der Waals surface area contributed by atoms with Crippen molar-refractivity contribution in [3.63, 3.8) is 0 Å². The van der Waals surface area contributed by atoms with Gasteiger partial charge in [-0.1, -0.05) is 30.3 Å². The molecule has 0 radical (unpaired) electrons. The molecule has 0 bridgehead atoms. The van der Waals surface area contributed by atoms with E-state index in [2.05, 4.69) is 40.7 Å².